The van der Waals surface area contributed by atoms with Gasteiger partial charge in [0.25, 0.3) is 0 Å². The van der Waals surface area contributed by atoms with E-state index in [4.69, 9.17) is 14.2 Å². The summed E-state index contributed by atoms with van der Waals surface area (Å²) in [6.45, 7) is 6.06. The van der Waals surface area contributed by atoms with Gasteiger partial charge in [-0.15, -0.1) is 11.3 Å². The fourth-order valence-electron chi connectivity index (χ4n) is 2.23. The molecule has 4 nitrogen and oxygen atoms in total. The van der Waals surface area contributed by atoms with E-state index in [-0.39, 0.29) is 12.6 Å². The monoisotopic (exact) mass is 320 g/mol. The SMILES string of the molecule is COc1cc(C)c(COC(=O)c2cc(C)sc2C)cc1OC. The first-order valence-electron chi connectivity index (χ1n) is 6.92. The van der Waals surface area contributed by atoms with Crippen molar-refractivity contribution >= 4 is 17.3 Å². The molecule has 1 aromatic carbocycles. The Balaban J connectivity index is 2.14. The molecule has 0 aliphatic heterocycles. The van der Waals surface area contributed by atoms with Gasteiger partial charge in [-0.2, -0.15) is 0 Å². The fraction of sp³-hybridized carbons (Fsp3) is 0.353. The highest BCUT2D eigenvalue weighted by atomic mass is 32.1. The Morgan fingerprint density at radius 3 is 2.23 bits per heavy atom. The minimum Gasteiger partial charge on any atom is -0.493 e. The van der Waals surface area contributed by atoms with Gasteiger partial charge < -0.3 is 14.2 Å². The van der Waals surface area contributed by atoms with Crippen molar-refractivity contribution in [2.45, 2.75) is 27.4 Å². The quantitative estimate of drug-likeness (QED) is 0.780. The number of ether oxygens (including phenoxy) is 3. The number of thiophene rings is 1. The van der Waals surface area contributed by atoms with Gasteiger partial charge in [0.15, 0.2) is 11.5 Å². The van der Waals surface area contributed by atoms with Crippen LogP contribution in [0.4, 0.5) is 0 Å². The Morgan fingerprint density at radius 2 is 1.68 bits per heavy atom. The third-order valence-electron chi connectivity index (χ3n) is 3.46. The molecule has 0 radical (unpaired) electrons. The lowest BCUT2D eigenvalue weighted by atomic mass is 10.1. The average Bonchev–Trinajstić information content (AvgIpc) is 2.84. The molecule has 0 fully saturated rings. The van der Waals surface area contributed by atoms with Crippen molar-refractivity contribution in [3.8, 4) is 11.5 Å². The molecule has 118 valence electrons. The van der Waals surface area contributed by atoms with E-state index in [0.717, 1.165) is 20.9 Å². The molecule has 2 rings (SSSR count). The Bertz CT molecular complexity index is 688. The zero-order valence-corrected chi connectivity index (χ0v) is 14.3. The molecule has 1 heterocycles. The minimum atomic E-state index is -0.295. The summed E-state index contributed by atoms with van der Waals surface area (Å²) in [5.41, 5.74) is 2.53. The summed E-state index contributed by atoms with van der Waals surface area (Å²) >= 11 is 1.60. The summed E-state index contributed by atoms with van der Waals surface area (Å²) < 4.78 is 16.0. The highest BCUT2D eigenvalue weighted by Crippen LogP contribution is 2.31. The molecule has 22 heavy (non-hydrogen) atoms. The number of aryl methyl sites for hydroxylation is 3. The van der Waals surface area contributed by atoms with Crippen molar-refractivity contribution < 1.29 is 19.0 Å². The van der Waals surface area contributed by atoms with E-state index < -0.39 is 0 Å². The molecule has 0 saturated heterocycles. The van der Waals surface area contributed by atoms with E-state index in [2.05, 4.69) is 0 Å². The van der Waals surface area contributed by atoms with Crippen molar-refractivity contribution in [1.82, 2.24) is 0 Å². The van der Waals surface area contributed by atoms with Crippen molar-refractivity contribution in [2.75, 3.05) is 14.2 Å². The van der Waals surface area contributed by atoms with Crippen LogP contribution in [0.15, 0.2) is 18.2 Å². The van der Waals surface area contributed by atoms with Crippen LogP contribution in [-0.4, -0.2) is 20.2 Å². The number of carbonyl (C=O) groups is 1. The summed E-state index contributed by atoms with van der Waals surface area (Å²) in [7, 11) is 3.18. The Morgan fingerprint density at radius 1 is 1.05 bits per heavy atom. The number of hydrogen-bond donors (Lipinski definition) is 0. The second-order valence-electron chi connectivity index (χ2n) is 5.04. The molecule has 0 saturated carbocycles. The summed E-state index contributed by atoms with van der Waals surface area (Å²) in [5.74, 6) is 0.997. The first-order chi connectivity index (χ1) is 10.5. The zero-order chi connectivity index (χ0) is 16.3. The molecular formula is C17H20O4S. The molecule has 2 aromatic rings. The van der Waals surface area contributed by atoms with Crippen LogP contribution in [0, 0.1) is 20.8 Å². The predicted octanol–water partition coefficient (Wildman–Crippen LogP) is 4.05. The average molecular weight is 320 g/mol. The third kappa shape index (κ3) is 3.42. The number of benzene rings is 1. The van der Waals surface area contributed by atoms with Gasteiger partial charge in [-0.25, -0.2) is 4.79 Å². The smallest absolute Gasteiger partial charge is 0.339 e. The lowest BCUT2D eigenvalue weighted by Crippen LogP contribution is -2.06. The normalized spacial score (nSPS) is 10.4. The molecule has 0 amide bonds. The number of methoxy groups -OCH3 is 2. The standard InChI is InChI=1S/C17H20O4S/c1-10-6-15(19-4)16(20-5)8-13(10)9-21-17(18)14-7-11(2)22-12(14)3/h6-8H,9H2,1-5H3. The maximum Gasteiger partial charge on any atom is 0.339 e. The van der Waals surface area contributed by atoms with E-state index in [1.807, 2.05) is 39.0 Å². The van der Waals surface area contributed by atoms with Gasteiger partial charge in [0.2, 0.25) is 0 Å². The lowest BCUT2D eigenvalue weighted by Gasteiger charge is -2.13. The molecule has 0 aliphatic rings. The van der Waals surface area contributed by atoms with Crippen LogP contribution in [0.25, 0.3) is 0 Å². The molecule has 0 unspecified atom stereocenters. The van der Waals surface area contributed by atoms with Crippen molar-refractivity contribution in [2.24, 2.45) is 0 Å². The topological polar surface area (TPSA) is 44.8 Å². The highest BCUT2D eigenvalue weighted by Gasteiger charge is 2.15. The molecule has 0 bridgehead atoms. The van der Waals surface area contributed by atoms with Crippen LogP contribution in [-0.2, 0) is 11.3 Å². The summed E-state index contributed by atoms with van der Waals surface area (Å²) in [6, 6.07) is 5.58. The lowest BCUT2D eigenvalue weighted by molar-refractivity contribution is 0.0471. The summed E-state index contributed by atoms with van der Waals surface area (Å²) in [6.07, 6.45) is 0. The van der Waals surface area contributed by atoms with Crippen molar-refractivity contribution in [3.05, 3.63) is 44.6 Å². The molecule has 1 aromatic heterocycles. The van der Waals surface area contributed by atoms with Crippen LogP contribution < -0.4 is 9.47 Å². The van der Waals surface area contributed by atoms with Gasteiger partial charge in [0.05, 0.1) is 19.8 Å². The van der Waals surface area contributed by atoms with Gasteiger partial charge in [-0.1, -0.05) is 0 Å². The fourth-order valence-corrected chi connectivity index (χ4v) is 3.14. The number of carbonyl (C=O) groups excluding carboxylic acids is 1. The number of rotatable bonds is 5. The largest absolute Gasteiger partial charge is 0.493 e. The van der Waals surface area contributed by atoms with Crippen molar-refractivity contribution in [1.29, 1.82) is 0 Å². The van der Waals surface area contributed by atoms with E-state index >= 15 is 0 Å². The first kappa shape index (κ1) is 16.4. The maximum atomic E-state index is 12.2. The molecule has 5 heteroatoms. The molecule has 0 aliphatic carbocycles. The zero-order valence-electron chi connectivity index (χ0n) is 13.5. The van der Waals surface area contributed by atoms with Crippen LogP contribution in [0.3, 0.4) is 0 Å². The first-order valence-corrected chi connectivity index (χ1v) is 7.73. The highest BCUT2D eigenvalue weighted by molar-refractivity contribution is 7.12. The van der Waals surface area contributed by atoms with E-state index in [9.17, 15) is 4.79 Å². The molecule has 0 spiro atoms. The van der Waals surface area contributed by atoms with Gasteiger partial charge in [-0.3, -0.25) is 0 Å². The third-order valence-corrected chi connectivity index (χ3v) is 4.43. The van der Waals surface area contributed by atoms with E-state index in [0.29, 0.717) is 17.1 Å². The van der Waals surface area contributed by atoms with Crippen LogP contribution in [0.2, 0.25) is 0 Å². The van der Waals surface area contributed by atoms with Gasteiger partial charge in [0, 0.05) is 9.75 Å². The van der Waals surface area contributed by atoms with Gasteiger partial charge in [0.1, 0.15) is 6.61 Å². The van der Waals surface area contributed by atoms with Crippen LogP contribution >= 0.6 is 11.3 Å². The Hall–Kier alpha value is -2.01. The predicted molar refractivity (Wildman–Crippen MR) is 87.2 cm³/mol. The Kier molecular flexibility index (Phi) is 5.08. The van der Waals surface area contributed by atoms with Crippen LogP contribution in [0.1, 0.15) is 31.2 Å². The molecular weight excluding hydrogens is 300 g/mol. The summed E-state index contributed by atoms with van der Waals surface area (Å²) in [5, 5.41) is 0. The molecule has 0 atom stereocenters. The summed E-state index contributed by atoms with van der Waals surface area (Å²) in [4.78, 5) is 14.3. The van der Waals surface area contributed by atoms with Crippen molar-refractivity contribution in [3.63, 3.8) is 0 Å². The van der Waals surface area contributed by atoms with Gasteiger partial charge in [-0.05, 0) is 50.1 Å². The van der Waals surface area contributed by atoms with Gasteiger partial charge >= 0.3 is 5.97 Å². The number of esters is 1. The number of hydrogen-bond acceptors (Lipinski definition) is 5. The molecule has 0 N–H and O–H groups in total. The second kappa shape index (κ2) is 6.83. The Labute approximate surface area is 134 Å². The maximum absolute atomic E-state index is 12.2. The minimum absolute atomic E-state index is 0.208. The second-order valence-corrected chi connectivity index (χ2v) is 6.50. The van der Waals surface area contributed by atoms with Crippen LogP contribution in [0.5, 0.6) is 11.5 Å². The van der Waals surface area contributed by atoms with E-state index in [1.165, 1.54) is 0 Å². The van der Waals surface area contributed by atoms with E-state index in [1.54, 1.807) is 25.6 Å².